The van der Waals surface area contributed by atoms with E-state index in [1.165, 1.54) is 49.4 Å². The molecule has 0 atom stereocenters. The Morgan fingerprint density at radius 1 is 0.389 bits per heavy atom. The Hall–Kier alpha value is -4.75. The number of hydrogen-bond donors (Lipinski definition) is 0. The van der Waals surface area contributed by atoms with Gasteiger partial charge >= 0.3 is 0 Å². The number of aromatic nitrogens is 1. The van der Waals surface area contributed by atoms with Gasteiger partial charge in [-0.05, 0) is 61.5 Å². The smallest absolute Gasteiger partial charge is 0.0702 e. The topological polar surface area (TPSA) is 12.9 Å². The molecule has 0 aliphatic carbocycles. The molecule has 0 N–H and O–H groups in total. The normalized spacial score (nSPS) is 11.3. The summed E-state index contributed by atoms with van der Waals surface area (Å²) in [5, 5.41) is 6.14. The van der Waals surface area contributed by atoms with Gasteiger partial charge in [-0.15, -0.1) is 0 Å². The van der Waals surface area contributed by atoms with Crippen LogP contribution in [0.5, 0.6) is 0 Å². The van der Waals surface area contributed by atoms with Crippen LogP contribution in [-0.2, 0) is 0 Å². The predicted molar refractivity (Wildman–Crippen MR) is 153 cm³/mol. The van der Waals surface area contributed by atoms with Gasteiger partial charge in [0.05, 0.1) is 5.52 Å². The summed E-state index contributed by atoms with van der Waals surface area (Å²) in [6.45, 7) is 0. The van der Waals surface area contributed by atoms with E-state index in [0.717, 1.165) is 16.5 Å². The van der Waals surface area contributed by atoms with Crippen LogP contribution in [0.4, 0.5) is 0 Å². The number of rotatable bonds is 3. The lowest BCUT2D eigenvalue weighted by atomic mass is 9.84. The lowest BCUT2D eigenvalue weighted by molar-refractivity contribution is 1.41. The minimum Gasteiger partial charge on any atom is -0.256 e. The zero-order valence-electron chi connectivity index (χ0n) is 19.7. The van der Waals surface area contributed by atoms with Crippen molar-refractivity contribution in [2.45, 2.75) is 0 Å². The minimum absolute atomic E-state index is 1.02. The van der Waals surface area contributed by atoms with Crippen molar-refractivity contribution in [3.63, 3.8) is 0 Å². The Balaban J connectivity index is 1.61. The molecule has 1 heteroatoms. The van der Waals surface area contributed by atoms with Crippen molar-refractivity contribution in [1.82, 2.24) is 4.98 Å². The van der Waals surface area contributed by atoms with Crippen molar-refractivity contribution >= 4 is 32.4 Å². The highest BCUT2D eigenvalue weighted by Gasteiger charge is 2.18. The van der Waals surface area contributed by atoms with Crippen LogP contribution >= 0.6 is 0 Å². The molecule has 0 unspecified atom stereocenters. The van der Waals surface area contributed by atoms with Crippen LogP contribution < -0.4 is 0 Å². The first-order valence-electron chi connectivity index (χ1n) is 12.3. The zero-order valence-corrected chi connectivity index (χ0v) is 19.7. The van der Waals surface area contributed by atoms with Crippen LogP contribution in [0.2, 0.25) is 0 Å². The minimum atomic E-state index is 1.02. The average molecular weight is 458 g/mol. The van der Waals surface area contributed by atoms with Crippen molar-refractivity contribution in [2.24, 2.45) is 0 Å². The summed E-state index contributed by atoms with van der Waals surface area (Å²) in [5.41, 5.74) is 8.39. The number of fused-ring (bicyclic) bond motifs is 3. The largest absolute Gasteiger partial charge is 0.256 e. The van der Waals surface area contributed by atoms with E-state index >= 15 is 0 Å². The van der Waals surface area contributed by atoms with Gasteiger partial charge in [-0.2, -0.15) is 0 Å². The Morgan fingerprint density at radius 3 is 1.61 bits per heavy atom. The Bertz CT molecular complexity index is 1830. The molecule has 0 radical (unpaired) electrons. The van der Waals surface area contributed by atoms with Crippen molar-refractivity contribution in [3.05, 3.63) is 140 Å². The van der Waals surface area contributed by atoms with Gasteiger partial charge in [-0.3, -0.25) is 4.98 Å². The highest BCUT2D eigenvalue weighted by molar-refractivity contribution is 6.22. The summed E-state index contributed by atoms with van der Waals surface area (Å²) in [5.74, 6) is 0. The van der Waals surface area contributed by atoms with Gasteiger partial charge in [0.25, 0.3) is 0 Å². The van der Waals surface area contributed by atoms with Gasteiger partial charge in [0.15, 0.2) is 0 Å². The van der Waals surface area contributed by atoms with Crippen molar-refractivity contribution < 1.29 is 0 Å². The van der Waals surface area contributed by atoms with Crippen molar-refractivity contribution in [1.29, 1.82) is 0 Å². The molecular weight excluding hydrogens is 434 g/mol. The van der Waals surface area contributed by atoms with Crippen molar-refractivity contribution in [2.75, 3.05) is 0 Å². The van der Waals surface area contributed by atoms with Gasteiger partial charge in [0.1, 0.15) is 0 Å². The molecule has 7 aromatic rings. The van der Waals surface area contributed by atoms with Crippen LogP contribution in [0, 0.1) is 0 Å². The molecule has 0 spiro atoms. The van der Waals surface area contributed by atoms with Gasteiger partial charge in [0.2, 0.25) is 0 Å². The van der Waals surface area contributed by atoms with E-state index in [1.807, 2.05) is 12.3 Å². The summed E-state index contributed by atoms with van der Waals surface area (Å²) in [6, 6.07) is 47.6. The molecule has 1 nitrogen and oxygen atoms in total. The summed E-state index contributed by atoms with van der Waals surface area (Å²) >= 11 is 0. The SMILES string of the molecule is c1ccc(-c2ccccc2-c2c3ccccc3c(-c3cnc4ccccc4c3)c3ccccc23)cc1. The number of benzene rings is 6. The van der Waals surface area contributed by atoms with Crippen LogP contribution in [0.15, 0.2) is 140 Å². The lowest BCUT2D eigenvalue weighted by Gasteiger charge is -2.19. The van der Waals surface area contributed by atoms with Crippen LogP contribution in [0.1, 0.15) is 0 Å². The molecule has 0 saturated carbocycles. The van der Waals surface area contributed by atoms with E-state index in [2.05, 4.69) is 127 Å². The third-order valence-corrected chi connectivity index (χ3v) is 7.09. The van der Waals surface area contributed by atoms with Crippen LogP contribution in [-0.4, -0.2) is 4.98 Å². The second-order valence-electron chi connectivity index (χ2n) is 9.17. The third kappa shape index (κ3) is 3.29. The first-order valence-corrected chi connectivity index (χ1v) is 12.3. The maximum atomic E-state index is 4.81. The molecule has 6 aromatic carbocycles. The molecule has 168 valence electrons. The summed E-state index contributed by atoms with van der Waals surface area (Å²) < 4.78 is 0. The molecular formula is C35H23N. The number of pyridine rings is 1. The summed E-state index contributed by atoms with van der Waals surface area (Å²) in [7, 11) is 0. The Labute approximate surface area is 210 Å². The second kappa shape index (κ2) is 8.48. The fraction of sp³-hybridized carbons (Fsp3) is 0. The number of hydrogen-bond acceptors (Lipinski definition) is 1. The summed E-state index contributed by atoms with van der Waals surface area (Å²) in [4.78, 5) is 4.81. The third-order valence-electron chi connectivity index (χ3n) is 7.09. The van der Waals surface area contributed by atoms with Gasteiger partial charge < -0.3 is 0 Å². The first kappa shape index (κ1) is 20.6. The van der Waals surface area contributed by atoms with E-state index in [4.69, 9.17) is 4.98 Å². The monoisotopic (exact) mass is 457 g/mol. The van der Waals surface area contributed by atoms with E-state index in [1.54, 1.807) is 0 Å². The van der Waals surface area contributed by atoms with E-state index in [-0.39, 0.29) is 0 Å². The maximum Gasteiger partial charge on any atom is 0.0702 e. The summed E-state index contributed by atoms with van der Waals surface area (Å²) in [6.07, 6.45) is 2.02. The van der Waals surface area contributed by atoms with Crippen LogP contribution in [0.3, 0.4) is 0 Å². The fourth-order valence-electron chi connectivity index (χ4n) is 5.51. The highest BCUT2D eigenvalue weighted by atomic mass is 14.6. The fourth-order valence-corrected chi connectivity index (χ4v) is 5.51. The highest BCUT2D eigenvalue weighted by Crippen LogP contribution is 2.45. The molecule has 0 fully saturated rings. The van der Waals surface area contributed by atoms with Gasteiger partial charge in [-0.1, -0.05) is 121 Å². The van der Waals surface area contributed by atoms with Crippen LogP contribution in [0.25, 0.3) is 65.8 Å². The van der Waals surface area contributed by atoms with Crippen molar-refractivity contribution in [3.8, 4) is 33.4 Å². The Kier molecular flexibility index (Phi) is 4.85. The zero-order chi connectivity index (χ0) is 23.9. The van der Waals surface area contributed by atoms with Gasteiger partial charge in [-0.25, -0.2) is 0 Å². The standard InChI is InChI=1S/C35H23N/c1-2-12-24(13-3-1)27-15-5-6-16-28(27)35-31-19-9-7-17-29(31)34(30-18-8-10-20-32(30)35)26-22-25-14-4-11-21-33(25)36-23-26/h1-23H. The molecule has 0 amide bonds. The molecule has 1 aromatic heterocycles. The molecule has 0 aliphatic heterocycles. The first-order chi connectivity index (χ1) is 17.9. The van der Waals surface area contributed by atoms with E-state index in [9.17, 15) is 0 Å². The second-order valence-corrected chi connectivity index (χ2v) is 9.17. The number of nitrogens with zero attached hydrogens (tertiary/aromatic N) is 1. The molecule has 36 heavy (non-hydrogen) atoms. The predicted octanol–water partition coefficient (Wildman–Crippen LogP) is 9.54. The van der Waals surface area contributed by atoms with Gasteiger partial charge in [0, 0.05) is 17.1 Å². The quantitative estimate of drug-likeness (QED) is 0.241. The van der Waals surface area contributed by atoms with E-state index < -0.39 is 0 Å². The Morgan fingerprint density at radius 2 is 0.917 bits per heavy atom. The molecule has 0 aliphatic rings. The molecule has 1 heterocycles. The lowest BCUT2D eigenvalue weighted by Crippen LogP contribution is -1.93. The molecule has 7 rings (SSSR count). The maximum absolute atomic E-state index is 4.81. The number of para-hydroxylation sites is 1. The van der Waals surface area contributed by atoms with E-state index in [0.29, 0.717) is 0 Å². The average Bonchev–Trinajstić information content (AvgIpc) is 2.96. The molecule has 0 bridgehead atoms. The molecule has 0 saturated heterocycles.